The van der Waals surface area contributed by atoms with Crippen LogP contribution in [-0.4, -0.2) is 18.1 Å². The monoisotopic (exact) mass is 343 g/mol. The number of ether oxygens (including phenoxy) is 1. The fraction of sp³-hybridized carbons (Fsp3) is 0.350. The van der Waals surface area contributed by atoms with Crippen molar-refractivity contribution < 1.29 is 9.53 Å². The van der Waals surface area contributed by atoms with Crippen molar-refractivity contribution in [2.45, 2.75) is 44.4 Å². The molecule has 0 unspecified atom stereocenters. The summed E-state index contributed by atoms with van der Waals surface area (Å²) in [7, 11) is 0. The van der Waals surface area contributed by atoms with Gasteiger partial charge in [-0.05, 0) is 42.5 Å². The van der Waals surface area contributed by atoms with Crippen molar-refractivity contribution in [3.8, 4) is 0 Å². The van der Waals surface area contributed by atoms with Crippen molar-refractivity contribution in [3.63, 3.8) is 0 Å². The first-order valence-corrected chi connectivity index (χ1v) is 8.70. The zero-order valence-electron chi connectivity index (χ0n) is 13.7. The molecule has 3 rings (SSSR count). The zero-order valence-corrected chi connectivity index (χ0v) is 14.5. The lowest BCUT2D eigenvalue weighted by Gasteiger charge is -2.36. The van der Waals surface area contributed by atoms with Crippen LogP contribution < -0.4 is 5.32 Å². The smallest absolute Gasteiger partial charge is 0.217 e. The van der Waals surface area contributed by atoms with Gasteiger partial charge in [-0.15, -0.1) is 0 Å². The molecule has 2 aromatic rings. The maximum absolute atomic E-state index is 11.5. The Morgan fingerprint density at radius 1 is 1.12 bits per heavy atom. The van der Waals surface area contributed by atoms with Gasteiger partial charge in [0.15, 0.2) is 0 Å². The van der Waals surface area contributed by atoms with Gasteiger partial charge in [0.25, 0.3) is 0 Å². The van der Waals surface area contributed by atoms with Crippen LogP contribution in [0.4, 0.5) is 0 Å². The Balaban J connectivity index is 1.76. The quantitative estimate of drug-likeness (QED) is 0.898. The molecule has 1 N–H and O–H groups in total. The van der Waals surface area contributed by atoms with E-state index < -0.39 is 0 Å². The van der Waals surface area contributed by atoms with Gasteiger partial charge in [0.1, 0.15) is 0 Å². The van der Waals surface area contributed by atoms with Gasteiger partial charge in [-0.25, -0.2) is 0 Å². The van der Waals surface area contributed by atoms with Gasteiger partial charge < -0.3 is 10.1 Å². The van der Waals surface area contributed by atoms with Crippen LogP contribution in [0.5, 0.6) is 0 Å². The number of benzene rings is 2. The molecule has 126 valence electrons. The van der Waals surface area contributed by atoms with Crippen molar-refractivity contribution in [2.24, 2.45) is 0 Å². The second-order valence-corrected chi connectivity index (χ2v) is 6.79. The highest BCUT2D eigenvalue weighted by Gasteiger charge is 2.31. The summed E-state index contributed by atoms with van der Waals surface area (Å²) in [6.07, 6.45) is 2.52. The second-order valence-electron chi connectivity index (χ2n) is 6.36. The highest BCUT2D eigenvalue weighted by Crippen LogP contribution is 2.33. The van der Waals surface area contributed by atoms with Crippen LogP contribution >= 0.6 is 11.6 Å². The van der Waals surface area contributed by atoms with Crippen molar-refractivity contribution in [1.29, 1.82) is 0 Å². The van der Waals surface area contributed by atoms with Gasteiger partial charge in [-0.2, -0.15) is 0 Å². The molecular weight excluding hydrogens is 322 g/mol. The standard InChI is InChI=1S/C20H22ClNO2/c1-14(23)22-18-12-19(11-15-5-3-2-4-6-15)24-20(13-18)16-7-9-17(21)10-8-16/h2-10,18-20H,11-13H2,1H3,(H,22,23)/t18-,19+,20+/m0/s1. The predicted octanol–water partition coefficient (Wildman–Crippen LogP) is 4.31. The molecule has 0 saturated carbocycles. The number of nitrogens with one attached hydrogen (secondary N) is 1. The van der Waals surface area contributed by atoms with E-state index in [9.17, 15) is 4.79 Å². The number of hydrogen-bond donors (Lipinski definition) is 1. The summed E-state index contributed by atoms with van der Waals surface area (Å²) in [5, 5.41) is 3.78. The number of carbonyl (C=O) groups is 1. The fourth-order valence-corrected chi connectivity index (χ4v) is 3.45. The molecule has 1 saturated heterocycles. The van der Waals surface area contributed by atoms with Gasteiger partial charge in [0.2, 0.25) is 5.91 Å². The van der Waals surface area contributed by atoms with E-state index >= 15 is 0 Å². The fourth-order valence-electron chi connectivity index (χ4n) is 3.32. The average molecular weight is 344 g/mol. The average Bonchev–Trinajstić information content (AvgIpc) is 2.55. The van der Waals surface area contributed by atoms with E-state index in [-0.39, 0.29) is 24.2 Å². The van der Waals surface area contributed by atoms with Crippen LogP contribution in [0.25, 0.3) is 0 Å². The number of hydrogen-bond acceptors (Lipinski definition) is 2. The Morgan fingerprint density at radius 3 is 2.50 bits per heavy atom. The van der Waals surface area contributed by atoms with E-state index in [0.29, 0.717) is 5.02 Å². The molecule has 1 amide bonds. The molecule has 0 aromatic heterocycles. The lowest BCUT2D eigenvalue weighted by molar-refractivity contribution is -0.122. The Hall–Kier alpha value is -1.84. The first kappa shape index (κ1) is 17.0. The summed E-state index contributed by atoms with van der Waals surface area (Å²) in [5.41, 5.74) is 2.35. The minimum Gasteiger partial charge on any atom is -0.370 e. The maximum atomic E-state index is 11.5. The minimum atomic E-state index is -0.0263. The molecule has 0 spiro atoms. The molecule has 1 aliphatic heterocycles. The van der Waals surface area contributed by atoms with Crippen LogP contribution in [0.3, 0.4) is 0 Å². The van der Waals surface area contributed by atoms with Crippen LogP contribution in [0.15, 0.2) is 54.6 Å². The Kier molecular flexibility index (Phi) is 5.54. The molecule has 0 aliphatic carbocycles. The zero-order chi connectivity index (χ0) is 16.9. The normalized spacial score (nSPS) is 23.7. The lowest BCUT2D eigenvalue weighted by atomic mass is 9.91. The summed E-state index contributed by atoms with van der Waals surface area (Å²) in [4.78, 5) is 11.5. The van der Waals surface area contributed by atoms with Crippen LogP contribution in [0, 0.1) is 0 Å². The van der Waals surface area contributed by atoms with E-state index in [4.69, 9.17) is 16.3 Å². The van der Waals surface area contributed by atoms with Crippen LogP contribution in [-0.2, 0) is 16.0 Å². The molecule has 1 heterocycles. The third kappa shape index (κ3) is 4.59. The van der Waals surface area contributed by atoms with Gasteiger partial charge in [0, 0.05) is 18.0 Å². The molecule has 1 fully saturated rings. The van der Waals surface area contributed by atoms with Crippen molar-refractivity contribution in [2.75, 3.05) is 0 Å². The molecule has 4 heteroatoms. The summed E-state index contributed by atoms with van der Waals surface area (Å²) in [6, 6.07) is 18.2. The van der Waals surface area contributed by atoms with E-state index in [1.165, 1.54) is 5.56 Å². The Morgan fingerprint density at radius 2 is 1.83 bits per heavy atom. The Bertz CT molecular complexity index is 672. The summed E-state index contributed by atoms with van der Waals surface area (Å²) in [6.45, 7) is 1.57. The van der Waals surface area contributed by atoms with Crippen LogP contribution in [0.2, 0.25) is 5.02 Å². The van der Waals surface area contributed by atoms with E-state index in [0.717, 1.165) is 24.8 Å². The van der Waals surface area contributed by atoms with Crippen molar-refractivity contribution in [1.82, 2.24) is 5.32 Å². The first-order chi connectivity index (χ1) is 11.6. The van der Waals surface area contributed by atoms with Gasteiger partial charge in [-0.3, -0.25) is 4.79 Å². The third-order valence-electron chi connectivity index (χ3n) is 4.36. The molecule has 2 aromatic carbocycles. The number of carbonyl (C=O) groups excluding carboxylic acids is 1. The molecule has 0 bridgehead atoms. The van der Waals surface area contributed by atoms with Crippen LogP contribution in [0.1, 0.15) is 37.0 Å². The molecule has 3 nitrogen and oxygen atoms in total. The van der Waals surface area contributed by atoms with Gasteiger partial charge in [0.05, 0.1) is 12.2 Å². The maximum Gasteiger partial charge on any atom is 0.217 e. The third-order valence-corrected chi connectivity index (χ3v) is 4.61. The minimum absolute atomic E-state index is 0.00946. The van der Waals surface area contributed by atoms with Gasteiger partial charge >= 0.3 is 0 Å². The van der Waals surface area contributed by atoms with E-state index in [1.54, 1.807) is 6.92 Å². The molecule has 0 radical (unpaired) electrons. The SMILES string of the molecule is CC(=O)N[C@H]1C[C@@H](Cc2ccccc2)O[C@@H](c2ccc(Cl)cc2)C1. The number of halogens is 1. The largest absolute Gasteiger partial charge is 0.370 e. The van der Waals surface area contributed by atoms with Crippen molar-refractivity contribution >= 4 is 17.5 Å². The Labute approximate surface area is 148 Å². The number of rotatable bonds is 4. The molecule has 24 heavy (non-hydrogen) atoms. The van der Waals surface area contributed by atoms with Gasteiger partial charge in [-0.1, -0.05) is 54.1 Å². The predicted molar refractivity (Wildman–Crippen MR) is 96.1 cm³/mol. The second kappa shape index (κ2) is 7.82. The summed E-state index contributed by atoms with van der Waals surface area (Å²) < 4.78 is 6.33. The van der Waals surface area contributed by atoms with E-state index in [1.807, 2.05) is 42.5 Å². The topological polar surface area (TPSA) is 38.3 Å². The van der Waals surface area contributed by atoms with E-state index in [2.05, 4.69) is 17.4 Å². The highest BCUT2D eigenvalue weighted by molar-refractivity contribution is 6.30. The molecular formula is C20H22ClNO2. The first-order valence-electron chi connectivity index (χ1n) is 8.32. The lowest BCUT2D eigenvalue weighted by Crippen LogP contribution is -2.42. The molecule has 3 atom stereocenters. The summed E-state index contributed by atoms with van der Waals surface area (Å²) in [5.74, 6) is 0.00946. The summed E-state index contributed by atoms with van der Waals surface area (Å²) >= 11 is 5.99. The highest BCUT2D eigenvalue weighted by atomic mass is 35.5. The number of amides is 1. The molecule has 1 aliphatic rings. The van der Waals surface area contributed by atoms with Crippen molar-refractivity contribution in [3.05, 3.63) is 70.7 Å².